The van der Waals surface area contributed by atoms with Crippen molar-refractivity contribution in [1.82, 2.24) is 19.8 Å². The fraction of sp³-hybridized carbons (Fsp3) is 0.595. The first-order valence-electron chi connectivity index (χ1n) is 20.0. The molecule has 1 spiro atoms. The van der Waals surface area contributed by atoms with Crippen LogP contribution in [0.3, 0.4) is 0 Å². The third kappa shape index (κ3) is 6.01. The van der Waals surface area contributed by atoms with Crippen LogP contribution >= 0.6 is 11.3 Å². The summed E-state index contributed by atoms with van der Waals surface area (Å²) < 4.78 is 85.7. The Labute approximate surface area is 328 Å². The van der Waals surface area contributed by atoms with Crippen LogP contribution in [-0.4, -0.2) is 83.8 Å². The smallest absolute Gasteiger partial charge is 0.417 e. The van der Waals surface area contributed by atoms with Crippen LogP contribution in [0, 0.1) is 33.8 Å². The van der Waals surface area contributed by atoms with Crippen LogP contribution in [-0.2, 0) is 6.18 Å². The van der Waals surface area contributed by atoms with Crippen molar-refractivity contribution in [2.45, 2.75) is 102 Å². The van der Waals surface area contributed by atoms with E-state index in [9.17, 15) is 5.26 Å². The first-order valence-corrected chi connectivity index (χ1v) is 20.9. The number of hydrogen-bond donors (Lipinski definition) is 1. The molecule has 1 aliphatic carbocycles. The van der Waals surface area contributed by atoms with Gasteiger partial charge in [0.25, 0.3) is 0 Å². The van der Waals surface area contributed by atoms with Crippen molar-refractivity contribution in [3.05, 3.63) is 41.0 Å². The molecule has 0 bridgehead atoms. The minimum Gasteiger partial charge on any atom is -0.461 e. The molecule has 1 saturated carbocycles. The highest BCUT2D eigenvalue weighted by molar-refractivity contribution is 7.23. The SMILES string of the molecule is CC(C)Nc1sc2c(F)ccc(-c3c(C(F)(F)F)cc4c(N5CCCCC6(C5)CN(C)C6C5(C)CC5)nc(OCC56CCCN5CCC6)nc4c3F)c2c1C#N. The fourth-order valence-electron chi connectivity index (χ4n) is 11.1. The molecular weight excluding hydrogens is 746 g/mol. The minimum absolute atomic E-state index is 0.0293. The molecule has 6 heterocycles. The van der Waals surface area contributed by atoms with Gasteiger partial charge >= 0.3 is 12.2 Å². The van der Waals surface area contributed by atoms with E-state index < -0.39 is 28.9 Å². The summed E-state index contributed by atoms with van der Waals surface area (Å²) in [5, 5.41) is 13.6. The summed E-state index contributed by atoms with van der Waals surface area (Å²) in [5.74, 6) is -1.67. The lowest BCUT2D eigenvalue weighted by Gasteiger charge is -2.60. The highest BCUT2D eigenvalue weighted by Gasteiger charge is 2.62. The molecule has 4 aliphatic heterocycles. The Hall–Kier alpha value is -3.80. The molecule has 298 valence electrons. The quantitative estimate of drug-likeness (QED) is 0.177. The molecule has 0 radical (unpaired) electrons. The number of fused-ring (bicyclic) bond motifs is 3. The number of alkyl halides is 3. The van der Waals surface area contributed by atoms with E-state index >= 15 is 22.0 Å². The molecule has 2 aromatic heterocycles. The van der Waals surface area contributed by atoms with Crippen molar-refractivity contribution in [2.24, 2.45) is 10.8 Å². The van der Waals surface area contributed by atoms with E-state index in [1.165, 1.54) is 0 Å². The topological polar surface area (TPSA) is 80.5 Å². The van der Waals surface area contributed by atoms with E-state index in [2.05, 4.69) is 45.0 Å². The molecule has 5 aliphatic rings. The number of benzene rings is 2. The minimum atomic E-state index is -5.02. The van der Waals surface area contributed by atoms with Gasteiger partial charge in [0.05, 0.1) is 21.4 Å². The van der Waals surface area contributed by atoms with Crippen molar-refractivity contribution in [2.75, 3.05) is 56.6 Å². The van der Waals surface area contributed by atoms with Crippen LogP contribution in [0.2, 0.25) is 0 Å². The molecule has 5 fully saturated rings. The number of halogens is 5. The molecule has 2 atom stereocenters. The van der Waals surface area contributed by atoms with Crippen LogP contribution < -0.4 is 15.0 Å². The van der Waals surface area contributed by atoms with Gasteiger partial charge in [0.2, 0.25) is 0 Å². The molecule has 8 nitrogen and oxygen atoms in total. The first kappa shape index (κ1) is 37.8. The summed E-state index contributed by atoms with van der Waals surface area (Å²) in [5.41, 5.74) is -2.62. The summed E-state index contributed by atoms with van der Waals surface area (Å²) in [7, 11) is 2.15. The van der Waals surface area contributed by atoms with Gasteiger partial charge in [-0.3, -0.25) is 4.90 Å². The monoisotopic (exact) mass is 793 g/mol. The average Bonchev–Trinajstić information content (AvgIpc) is 3.42. The zero-order valence-corrected chi connectivity index (χ0v) is 33.2. The van der Waals surface area contributed by atoms with Crippen molar-refractivity contribution in [3.8, 4) is 23.2 Å². The van der Waals surface area contributed by atoms with E-state index in [0.29, 0.717) is 30.7 Å². The summed E-state index contributed by atoms with van der Waals surface area (Å²) >= 11 is 0.928. The highest BCUT2D eigenvalue weighted by Crippen LogP contribution is 2.61. The lowest BCUT2D eigenvalue weighted by Crippen LogP contribution is -2.69. The zero-order chi connectivity index (χ0) is 39.4. The zero-order valence-electron chi connectivity index (χ0n) is 32.4. The number of nitrogens with zero attached hydrogens (tertiary/aromatic N) is 6. The van der Waals surface area contributed by atoms with E-state index in [1.54, 1.807) is 0 Å². The maximum Gasteiger partial charge on any atom is 0.417 e. The Morgan fingerprint density at radius 2 is 1.77 bits per heavy atom. The number of ether oxygens (including phenoxy) is 1. The van der Waals surface area contributed by atoms with Gasteiger partial charge in [-0.25, -0.2) is 8.78 Å². The van der Waals surface area contributed by atoms with Crippen LogP contribution in [0.5, 0.6) is 6.01 Å². The van der Waals surface area contributed by atoms with E-state index in [0.717, 1.165) is 107 Å². The number of hydrogen-bond acceptors (Lipinski definition) is 9. The number of rotatable bonds is 8. The molecule has 0 amide bonds. The number of anilines is 2. The van der Waals surface area contributed by atoms with Gasteiger partial charge in [-0.05, 0) is 108 Å². The van der Waals surface area contributed by atoms with Gasteiger partial charge in [0, 0.05) is 53.5 Å². The molecule has 2 aromatic carbocycles. The number of aromatic nitrogens is 2. The second-order valence-corrected chi connectivity index (χ2v) is 18.8. The lowest BCUT2D eigenvalue weighted by atomic mass is 9.63. The summed E-state index contributed by atoms with van der Waals surface area (Å²) in [6.45, 7) is 10.3. The summed E-state index contributed by atoms with van der Waals surface area (Å²) in [6, 6.07) is 5.32. The van der Waals surface area contributed by atoms with E-state index in [1.807, 2.05) is 13.8 Å². The van der Waals surface area contributed by atoms with Gasteiger partial charge in [-0.2, -0.15) is 28.4 Å². The Kier molecular flexibility index (Phi) is 9.02. The predicted octanol–water partition coefficient (Wildman–Crippen LogP) is 9.60. The second kappa shape index (κ2) is 13.4. The second-order valence-electron chi connectivity index (χ2n) is 17.8. The Morgan fingerprint density at radius 1 is 1.02 bits per heavy atom. The maximum absolute atomic E-state index is 17.6. The molecule has 4 saturated heterocycles. The van der Waals surface area contributed by atoms with Crippen LogP contribution in [0.4, 0.5) is 32.8 Å². The molecule has 1 N–H and O–H groups in total. The van der Waals surface area contributed by atoms with Gasteiger partial charge in [-0.1, -0.05) is 19.4 Å². The number of nitriles is 1. The highest BCUT2D eigenvalue weighted by atomic mass is 32.1. The third-order valence-electron chi connectivity index (χ3n) is 13.5. The maximum atomic E-state index is 17.6. The number of nitrogens with one attached hydrogen (secondary N) is 1. The average molecular weight is 794 g/mol. The van der Waals surface area contributed by atoms with Gasteiger partial charge < -0.3 is 19.9 Å². The molecule has 9 rings (SSSR count). The predicted molar refractivity (Wildman–Crippen MR) is 209 cm³/mol. The van der Waals surface area contributed by atoms with Crippen LogP contribution in [0.25, 0.3) is 32.1 Å². The van der Waals surface area contributed by atoms with Crippen molar-refractivity contribution in [3.63, 3.8) is 0 Å². The van der Waals surface area contributed by atoms with Crippen LogP contribution in [0.15, 0.2) is 18.2 Å². The summed E-state index contributed by atoms with van der Waals surface area (Å²) in [6.07, 6.45) is 4.06. The van der Waals surface area contributed by atoms with E-state index in [-0.39, 0.29) is 66.4 Å². The van der Waals surface area contributed by atoms with Gasteiger partial charge in [-0.15, -0.1) is 11.3 Å². The molecule has 56 heavy (non-hydrogen) atoms. The normalized spacial score (nSPS) is 24.8. The van der Waals surface area contributed by atoms with Crippen molar-refractivity contribution >= 4 is 43.1 Å². The third-order valence-corrected chi connectivity index (χ3v) is 14.6. The standard InChI is InChI=1S/C42H48F5N7OS/c1-24(2)49-36-27(20-48)30-25(9-10-29(43)34(30)56-36)31-28(42(45,46)47)19-26-33(32(31)44)50-38(55-23-41-12-7-17-54(41)18-8-13-41)51-35(26)53-16-6-5-11-40(22-53)21-52(4)37(40)39(3)14-15-39/h9-10,19,24,37,49H,5-8,11-18,21-23H2,1-4H3. The lowest BCUT2D eigenvalue weighted by molar-refractivity contribution is -0.137. The largest absolute Gasteiger partial charge is 0.461 e. The van der Waals surface area contributed by atoms with Crippen LogP contribution in [0.1, 0.15) is 89.7 Å². The Balaban J connectivity index is 1.25. The van der Waals surface area contributed by atoms with E-state index in [4.69, 9.17) is 9.72 Å². The van der Waals surface area contributed by atoms with Gasteiger partial charge in [0.1, 0.15) is 34.8 Å². The molecular formula is C42H48F5N7OS. The first-order chi connectivity index (χ1) is 26.7. The van der Waals surface area contributed by atoms with Gasteiger partial charge in [0.15, 0.2) is 5.82 Å². The van der Waals surface area contributed by atoms with Crippen molar-refractivity contribution in [1.29, 1.82) is 5.26 Å². The number of thiophene rings is 1. The Morgan fingerprint density at radius 3 is 2.43 bits per heavy atom. The number of likely N-dealkylation sites (tertiary alicyclic amines) is 1. The van der Waals surface area contributed by atoms with Crippen molar-refractivity contribution < 1.29 is 26.7 Å². The molecule has 14 heteroatoms. The molecule has 2 unspecified atom stereocenters. The molecule has 4 aromatic rings. The fourth-order valence-corrected chi connectivity index (χ4v) is 12.3. The Bertz CT molecular complexity index is 2250. The summed E-state index contributed by atoms with van der Waals surface area (Å²) in [4.78, 5) is 16.4.